The Hall–Kier alpha value is -0.390. The van der Waals surface area contributed by atoms with Gasteiger partial charge in [0.05, 0.1) is 28.5 Å². The van der Waals surface area contributed by atoms with Crippen LogP contribution in [-0.2, 0) is 11.8 Å². The van der Waals surface area contributed by atoms with Gasteiger partial charge in [0.1, 0.15) is 0 Å². The molecule has 0 aliphatic carbocycles. The smallest absolute Gasteiger partial charge is 0.0781 e. The number of aryl methyl sites for hydroxylation is 1. The van der Waals surface area contributed by atoms with Crippen LogP contribution in [0.15, 0.2) is 10.7 Å². The molecule has 0 aliphatic rings. The molecular weight excluding hydrogens is 270 g/mol. The van der Waals surface area contributed by atoms with Gasteiger partial charge in [-0.15, -0.1) is 0 Å². The summed E-state index contributed by atoms with van der Waals surface area (Å²) in [4.78, 5) is 0. The Bertz CT molecular complexity index is 308. The SMILES string of the molecule is CCCC(OC)C(NC)c1c(Br)cnn1C. The van der Waals surface area contributed by atoms with E-state index in [0.29, 0.717) is 0 Å². The lowest BCUT2D eigenvalue weighted by atomic mass is 10.0. The molecule has 92 valence electrons. The fourth-order valence-electron chi connectivity index (χ4n) is 1.97. The zero-order valence-corrected chi connectivity index (χ0v) is 11.9. The summed E-state index contributed by atoms with van der Waals surface area (Å²) in [5.74, 6) is 0. The van der Waals surface area contributed by atoms with Gasteiger partial charge in [-0.2, -0.15) is 5.10 Å². The Kier molecular flexibility index (Phi) is 5.44. The number of likely N-dealkylation sites (N-methyl/N-ethyl adjacent to an activating group) is 1. The molecule has 1 aromatic heterocycles. The third kappa shape index (κ3) is 2.84. The number of methoxy groups -OCH3 is 1. The van der Waals surface area contributed by atoms with Crippen LogP contribution in [0.3, 0.4) is 0 Å². The summed E-state index contributed by atoms with van der Waals surface area (Å²) in [6.45, 7) is 2.16. The van der Waals surface area contributed by atoms with Gasteiger partial charge in [0, 0.05) is 14.2 Å². The zero-order valence-electron chi connectivity index (χ0n) is 10.3. The van der Waals surface area contributed by atoms with Crippen molar-refractivity contribution >= 4 is 15.9 Å². The van der Waals surface area contributed by atoms with Crippen molar-refractivity contribution in [2.24, 2.45) is 7.05 Å². The van der Waals surface area contributed by atoms with Crippen LogP contribution in [0.4, 0.5) is 0 Å². The normalized spacial score (nSPS) is 15.1. The Labute approximate surface area is 105 Å². The van der Waals surface area contributed by atoms with Crippen molar-refractivity contribution < 1.29 is 4.74 Å². The molecule has 0 amide bonds. The number of aromatic nitrogens is 2. The topological polar surface area (TPSA) is 39.1 Å². The molecule has 5 heteroatoms. The highest BCUT2D eigenvalue weighted by Gasteiger charge is 2.25. The number of halogens is 1. The van der Waals surface area contributed by atoms with Crippen LogP contribution in [0.1, 0.15) is 31.5 Å². The number of hydrogen-bond acceptors (Lipinski definition) is 3. The Balaban J connectivity index is 2.96. The van der Waals surface area contributed by atoms with Crippen molar-refractivity contribution in [1.29, 1.82) is 0 Å². The Morgan fingerprint density at radius 3 is 2.69 bits per heavy atom. The molecule has 0 saturated carbocycles. The van der Waals surface area contributed by atoms with Crippen LogP contribution in [0, 0.1) is 0 Å². The molecule has 0 aliphatic heterocycles. The van der Waals surface area contributed by atoms with E-state index in [1.165, 1.54) is 0 Å². The molecule has 16 heavy (non-hydrogen) atoms. The minimum atomic E-state index is 0.159. The molecule has 0 radical (unpaired) electrons. The standard InChI is InChI=1S/C11H20BrN3O/c1-5-6-9(16-4)10(13-2)11-8(12)7-14-15(11)3/h7,9-10,13H,5-6H2,1-4H3. The molecule has 1 aromatic rings. The van der Waals surface area contributed by atoms with Crippen LogP contribution in [0.2, 0.25) is 0 Å². The lowest BCUT2D eigenvalue weighted by molar-refractivity contribution is 0.0604. The molecule has 1 rings (SSSR count). The molecule has 0 aromatic carbocycles. The van der Waals surface area contributed by atoms with Gasteiger partial charge in [-0.05, 0) is 29.4 Å². The summed E-state index contributed by atoms with van der Waals surface area (Å²) >= 11 is 3.53. The average molecular weight is 290 g/mol. The molecule has 0 saturated heterocycles. The number of rotatable bonds is 6. The molecule has 2 atom stereocenters. The summed E-state index contributed by atoms with van der Waals surface area (Å²) in [7, 11) is 5.66. The van der Waals surface area contributed by atoms with Gasteiger partial charge in [-0.1, -0.05) is 13.3 Å². The molecule has 4 nitrogen and oxygen atoms in total. The predicted molar refractivity (Wildman–Crippen MR) is 68.4 cm³/mol. The van der Waals surface area contributed by atoms with Gasteiger partial charge < -0.3 is 10.1 Å². The van der Waals surface area contributed by atoms with Crippen molar-refractivity contribution in [1.82, 2.24) is 15.1 Å². The maximum atomic E-state index is 5.55. The van der Waals surface area contributed by atoms with E-state index in [1.807, 2.05) is 25.0 Å². The monoisotopic (exact) mass is 289 g/mol. The van der Waals surface area contributed by atoms with Crippen LogP contribution < -0.4 is 5.32 Å². The van der Waals surface area contributed by atoms with E-state index in [0.717, 1.165) is 23.0 Å². The van der Waals surface area contributed by atoms with Crippen LogP contribution >= 0.6 is 15.9 Å². The summed E-state index contributed by atoms with van der Waals surface area (Å²) in [6, 6.07) is 0.159. The van der Waals surface area contributed by atoms with Crippen LogP contribution in [0.5, 0.6) is 0 Å². The molecule has 0 fully saturated rings. The van der Waals surface area contributed by atoms with Gasteiger partial charge in [0.2, 0.25) is 0 Å². The van der Waals surface area contributed by atoms with E-state index in [1.54, 1.807) is 7.11 Å². The van der Waals surface area contributed by atoms with Gasteiger partial charge >= 0.3 is 0 Å². The van der Waals surface area contributed by atoms with E-state index in [2.05, 4.69) is 33.3 Å². The summed E-state index contributed by atoms with van der Waals surface area (Å²) < 4.78 is 8.46. The highest BCUT2D eigenvalue weighted by atomic mass is 79.9. The zero-order chi connectivity index (χ0) is 12.1. The number of ether oxygens (including phenoxy) is 1. The van der Waals surface area contributed by atoms with E-state index < -0.39 is 0 Å². The first kappa shape index (κ1) is 13.7. The average Bonchev–Trinajstić information content (AvgIpc) is 2.60. The highest BCUT2D eigenvalue weighted by molar-refractivity contribution is 9.10. The van der Waals surface area contributed by atoms with Crippen molar-refractivity contribution in [2.45, 2.75) is 31.9 Å². The maximum absolute atomic E-state index is 5.55. The summed E-state index contributed by atoms with van der Waals surface area (Å²) in [6.07, 6.45) is 4.12. The van der Waals surface area contributed by atoms with E-state index in [-0.39, 0.29) is 12.1 Å². The maximum Gasteiger partial charge on any atom is 0.0781 e. The molecule has 0 bridgehead atoms. The van der Waals surface area contributed by atoms with E-state index in [9.17, 15) is 0 Å². The largest absolute Gasteiger partial charge is 0.379 e. The molecular formula is C11H20BrN3O. The molecule has 1 N–H and O–H groups in total. The third-order valence-electron chi connectivity index (χ3n) is 2.79. The lowest BCUT2D eigenvalue weighted by Gasteiger charge is -2.26. The lowest BCUT2D eigenvalue weighted by Crippen LogP contribution is -2.32. The fraction of sp³-hybridized carbons (Fsp3) is 0.727. The van der Waals surface area contributed by atoms with E-state index in [4.69, 9.17) is 4.74 Å². The Morgan fingerprint density at radius 1 is 1.62 bits per heavy atom. The summed E-state index contributed by atoms with van der Waals surface area (Å²) in [5, 5.41) is 7.54. The van der Waals surface area contributed by atoms with Gasteiger partial charge in [0.15, 0.2) is 0 Å². The van der Waals surface area contributed by atoms with Gasteiger partial charge in [-0.3, -0.25) is 4.68 Å². The molecule has 0 spiro atoms. The summed E-state index contributed by atoms with van der Waals surface area (Å²) in [5.41, 5.74) is 1.13. The second kappa shape index (κ2) is 6.37. The van der Waals surface area contributed by atoms with Crippen LogP contribution in [0.25, 0.3) is 0 Å². The van der Waals surface area contributed by atoms with Gasteiger partial charge in [0.25, 0.3) is 0 Å². The minimum absolute atomic E-state index is 0.159. The minimum Gasteiger partial charge on any atom is -0.379 e. The van der Waals surface area contributed by atoms with Crippen LogP contribution in [-0.4, -0.2) is 30.0 Å². The first-order valence-corrected chi connectivity index (χ1v) is 6.32. The van der Waals surface area contributed by atoms with Crippen molar-refractivity contribution in [3.05, 3.63) is 16.4 Å². The van der Waals surface area contributed by atoms with Crippen molar-refractivity contribution in [3.63, 3.8) is 0 Å². The van der Waals surface area contributed by atoms with E-state index >= 15 is 0 Å². The first-order chi connectivity index (χ1) is 7.65. The van der Waals surface area contributed by atoms with Gasteiger partial charge in [-0.25, -0.2) is 0 Å². The number of nitrogens with zero attached hydrogens (tertiary/aromatic N) is 2. The quantitative estimate of drug-likeness (QED) is 0.873. The van der Waals surface area contributed by atoms with Crippen molar-refractivity contribution in [2.75, 3.05) is 14.2 Å². The Morgan fingerprint density at radius 2 is 2.31 bits per heavy atom. The third-order valence-corrected chi connectivity index (χ3v) is 3.40. The fourth-order valence-corrected chi connectivity index (χ4v) is 2.57. The number of hydrogen-bond donors (Lipinski definition) is 1. The highest BCUT2D eigenvalue weighted by Crippen LogP contribution is 2.27. The second-order valence-electron chi connectivity index (χ2n) is 3.83. The number of nitrogens with one attached hydrogen (secondary N) is 1. The predicted octanol–water partition coefficient (Wildman–Crippen LogP) is 2.26. The first-order valence-electron chi connectivity index (χ1n) is 5.53. The van der Waals surface area contributed by atoms with Crippen molar-refractivity contribution in [3.8, 4) is 0 Å². The second-order valence-corrected chi connectivity index (χ2v) is 4.68. The molecule has 1 heterocycles. The molecule has 2 unspecified atom stereocenters.